The number of carboxylic acid groups (broad SMARTS) is 1. The molecule has 3 aliphatic rings. The maximum Gasteiger partial charge on any atom is 0.490 e. The highest BCUT2D eigenvalue weighted by molar-refractivity contribution is 7.89. The van der Waals surface area contributed by atoms with Crippen molar-refractivity contribution < 1.29 is 41.0 Å². The number of alkyl halides is 3. The summed E-state index contributed by atoms with van der Waals surface area (Å²) in [5.74, 6) is -1.97. The van der Waals surface area contributed by atoms with Crippen LogP contribution in [0.1, 0.15) is 36.0 Å². The van der Waals surface area contributed by atoms with Crippen LogP contribution in [-0.4, -0.2) is 77.5 Å². The number of aliphatic carboxylic acids is 1. The number of para-hydroxylation sites is 1. The second-order valence-corrected chi connectivity index (χ2v) is 11.0. The van der Waals surface area contributed by atoms with E-state index in [1.807, 2.05) is 0 Å². The monoisotopic (exact) mass is 541 g/mol. The van der Waals surface area contributed by atoms with Crippen LogP contribution >= 0.6 is 0 Å². The number of nitrogens with zero attached hydrogens (tertiary/aromatic N) is 3. The van der Waals surface area contributed by atoms with Crippen molar-refractivity contribution in [1.29, 1.82) is 0 Å². The van der Waals surface area contributed by atoms with Crippen molar-refractivity contribution in [3.05, 3.63) is 54.4 Å². The molecule has 0 radical (unpaired) electrons. The molecule has 0 spiro atoms. The number of carbonyl (C=O) groups is 2. The van der Waals surface area contributed by atoms with Gasteiger partial charge in [0.25, 0.3) is 5.91 Å². The van der Waals surface area contributed by atoms with Gasteiger partial charge >= 0.3 is 12.1 Å². The van der Waals surface area contributed by atoms with Gasteiger partial charge in [-0.05, 0) is 49.4 Å². The van der Waals surface area contributed by atoms with Crippen molar-refractivity contribution in [1.82, 2.24) is 14.2 Å². The molecule has 2 aromatic rings. The van der Waals surface area contributed by atoms with Crippen LogP contribution in [0.15, 0.2) is 53.7 Å². The zero-order chi connectivity index (χ0) is 26.8. The van der Waals surface area contributed by atoms with Crippen molar-refractivity contribution in [3.63, 3.8) is 0 Å². The van der Waals surface area contributed by atoms with Crippen LogP contribution in [0, 0.1) is 5.92 Å². The summed E-state index contributed by atoms with van der Waals surface area (Å²) in [5, 5.41) is 7.12. The van der Waals surface area contributed by atoms with Crippen LogP contribution in [0.5, 0.6) is 5.75 Å². The van der Waals surface area contributed by atoms with Gasteiger partial charge in [0, 0.05) is 44.0 Å². The van der Waals surface area contributed by atoms with Gasteiger partial charge in [0.15, 0.2) is 0 Å². The molecule has 1 saturated carbocycles. The summed E-state index contributed by atoms with van der Waals surface area (Å²) in [4.78, 5) is 27.9. The molecule has 2 atom stereocenters. The van der Waals surface area contributed by atoms with Gasteiger partial charge in [-0.2, -0.15) is 17.5 Å². The number of hydrogen-bond acceptors (Lipinski definition) is 6. The smallest absolute Gasteiger partial charge is 0.487 e. The summed E-state index contributed by atoms with van der Waals surface area (Å²) in [6.07, 6.45) is 1.14. The average molecular weight is 542 g/mol. The molecule has 1 aromatic heterocycles. The third-order valence-electron chi connectivity index (χ3n) is 6.48. The van der Waals surface area contributed by atoms with Crippen LogP contribution in [0.4, 0.5) is 13.2 Å². The molecule has 1 aliphatic carbocycles. The summed E-state index contributed by atoms with van der Waals surface area (Å²) in [6.45, 7) is 1.56. The molecule has 2 aliphatic heterocycles. The first-order chi connectivity index (χ1) is 17.5. The second kappa shape index (κ2) is 10.7. The Bertz CT molecular complexity index is 1240. The number of pyridine rings is 1. The van der Waals surface area contributed by atoms with Gasteiger partial charge in [-0.15, -0.1) is 0 Å². The maximum absolute atomic E-state index is 13.5. The molecule has 0 unspecified atom stereocenters. The Labute approximate surface area is 211 Å². The second-order valence-electron chi connectivity index (χ2n) is 9.10. The zero-order valence-corrected chi connectivity index (χ0v) is 20.5. The number of ether oxygens (including phenoxy) is 1. The van der Waals surface area contributed by atoms with Crippen molar-refractivity contribution in [2.45, 2.75) is 48.9 Å². The Balaban J connectivity index is 0.000000405. The third kappa shape index (κ3) is 6.21. The number of amides is 1. The summed E-state index contributed by atoms with van der Waals surface area (Å²) in [7, 11) is -3.65. The molecule has 0 bridgehead atoms. The molecule has 9 nitrogen and oxygen atoms in total. The highest BCUT2D eigenvalue weighted by atomic mass is 32.2. The standard InChI is InChI=1S/C22H25N3O4S.C2HF3O2/c26-22(17-7-11-23-12-8-17)24-13-9-18-19(10-14-24)29-20-3-1-2-4-21(20)30(27,28)25(18)15-16-5-6-16;3-2(4,5)1(6)7/h1-4,7-8,11-12,16,18-19H,5-6,9-10,13-15H2;(H,6,7)/t18-,19-;/m0./s1. The molecule has 37 heavy (non-hydrogen) atoms. The lowest BCUT2D eigenvalue weighted by atomic mass is 10.1. The van der Waals surface area contributed by atoms with E-state index in [1.54, 1.807) is 58.0 Å². The van der Waals surface area contributed by atoms with Crippen molar-refractivity contribution >= 4 is 21.9 Å². The van der Waals surface area contributed by atoms with Crippen LogP contribution in [-0.2, 0) is 14.8 Å². The van der Waals surface area contributed by atoms with E-state index in [1.165, 1.54) is 0 Å². The molecule has 2 fully saturated rings. The fourth-order valence-corrected chi connectivity index (χ4v) is 6.30. The lowest BCUT2D eigenvalue weighted by Gasteiger charge is -2.31. The number of benzene rings is 1. The number of halogens is 3. The molecule has 1 aromatic carbocycles. The molecule has 13 heteroatoms. The van der Waals surface area contributed by atoms with E-state index in [0.29, 0.717) is 49.7 Å². The van der Waals surface area contributed by atoms with Crippen LogP contribution in [0.25, 0.3) is 0 Å². The molecule has 1 saturated heterocycles. The number of fused-ring (bicyclic) bond motifs is 2. The first kappa shape index (κ1) is 26.9. The number of rotatable bonds is 3. The number of carboxylic acids is 1. The van der Waals surface area contributed by atoms with Crippen LogP contribution in [0.2, 0.25) is 0 Å². The SMILES string of the molecule is O=C(O)C(F)(F)F.O=C(c1ccncc1)N1CC[C@@H]2Oc3ccccc3S(=O)(=O)N(CC3CC3)[C@H]2CC1. The molecule has 3 heterocycles. The Morgan fingerprint density at radius 2 is 1.65 bits per heavy atom. The first-order valence-corrected chi connectivity index (χ1v) is 13.2. The Morgan fingerprint density at radius 1 is 1.03 bits per heavy atom. The van der Waals surface area contributed by atoms with Gasteiger partial charge in [-0.1, -0.05) is 12.1 Å². The number of carbonyl (C=O) groups excluding carboxylic acids is 1. The van der Waals surface area contributed by atoms with Gasteiger partial charge in [-0.3, -0.25) is 9.78 Å². The van der Waals surface area contributed by atoms with E-state index in [0.717, 1.165) is 12.8 Å². The van der Waals surface area contributed by atoms with Gasteiger partial charge in [0.05, 0.1) is 6.04 Å². The van der Waals surface area contributed by atoms with Crippen LogP contribution < -0.4 is 4.74 Å². The fourth-order valence-electron chi connectivity index (χ4n) is 4.43. The minimum absolute atomic E-state index is 0.0501. The number of sulfonamides is 1. The van der Waals surface area contributed by atoms with Crippen LogP contribution in [0.3, 0.4) is 0 Å². The normalized spacial score (nSPS) is 23.2. The third-order valence-corrected chi connectivity index (χ3v) is 8.41. The summed E-state index contributed by atoms with van der Waals surface area (Å²) >= 11 is 0. The first-order valence-electron chi connectivity index (χ1n) is 11.8. The predicted molar refractivity (Wildman–Crippen MR) is 124 cm³/mol. The van der Waals surface area contributed by atoms with Gasteiger partial charge in [0.2, 0.25) is 10.0 Å². The highest BCUT2D eigenvalue weighted by Crippen LogP contribution is 2.40. The number of hydrogen-bond donors (Lipinski definition) is 1. The van der Waals surface area contributed by atoms with E-state index in [9.17, 15) is 26.4 Å². The maximum atomic E-state index is 13.5. The number of aromatic nitrogens is 1. The minimum Gasteiger partial charge on any atom is -0.487 e. The lowest BCUT2D eigenvalue weighted by molar-refractivity contribution is -0.192. The largest absolute Gasteiger partial charge is 0.490 e. The Morgan fingerprint density at radius 3 is 2.27 bits per heavy atom. The van der Waals surface area contributed by atoms with E-state index in [2.05, 4.69) is 4.98 Å². The van der Waals surface area contributed by atoms with Crippen molar-refractivity contribution in [3.8, 4) is 5.75 Å². The molecule has 1 amide bonds. The van der Waals surface area contributed by atoms with E-state index in [4.69, 9.17) is 14.6 Å². The molecular formula is C24H26F3N3O6S. The quantitative estimate of drug-likeness (QED) is 0.634. The average Bonchev–Trinajstić information content (AvgIpc) is 3.70. The molecule has 200 valence electrons. The van der Waals surface area contributed by atoms with E-state index in [-0.39, 0.29) is 22.9 Å². The topological polar surface area (TPSA) is 117 Å². The predicted octanol–water partition coefficient (Wildman–Crippen LogP) is 3.18. The Hall–Kier alpha value is -3.19. The molecule has 5 rings (SSSR count). The van der Waals surface area contributed by atoms with Gasteiger partial charge in [0.1, 0.15) is 16.7 Å². The minimum atomic E-state index is -5.08. The fraction of sp³-hybridized carbons (Fsp3) is 0.458. The zero-order valence-electron chi connectivity index (χ0n) is 19.7. The van der Waals surface area contributed by atoms with Crippen molar-refractivity contribution in [2.75, 3.05) is 19.6 Å². The summed E-state index contributed by atoms with van der Waals surface area (Å²) in [5.41, 5.74) is 0.598. The molecule has 1 N–H and O–H groups in total. The van der Waals surface area contributed by atoms with Gasteiger partial charge in [-0.25, -0.2) is 13.2 Å². The highest BCUT2D eigenvalue weighted by Gasteiger charge is 2.45. The van der Waals surface area contributed by atoms with E-state index >= 15 is 0 Å². The summed E-state index contributed by atoms with van der Waals surface area (Å²) in [6, 6.07) is 10.0. The molecular weight excluding hydrogens is 515 g/mol. The van der Waals surface area contributed by atoms with E-state index < -0.39 is 22.2 Å². The lowest BCUT2D eigenvalue weighted by Crippen LogP contribution is -2.48. The Kier molecular flexibility index (Phi) is 7.74. The van der Waals surface area contributed by atoms with Crippen molar-refractivity contribution in [2.24, 2.45) is 5.92 Å². The number of likely N-dealkylation sites (tertiary alicyclic amines) is 1. The van der Waals surface area contributed by atoms with Gasteiger partial charge < -0.3 is 14.7 Å². The summed E-state index contributed by atoms with van der Waals surface area (Å²) < 4.78 is 66.8.